The number of rotatable bonds is 2. The summed E-state index contributed by atoms with van der Waals surface area (Å²) in [6.45, 7) is 3.82. The third kappa shape index (κ3) is 2.94. The van der Waals surface area contributed by atoms with Crippen LogP contribution in [-0.2, 0) is 9.53 Å². The number of phenolic OH excluding ortho intramolecular Hbond substituents is 1. The Morgan fingerprint density at radius 2 is 1.90 bits per heavy atom. The number of methoxy groups -OCH3 is 1. The van der Waals surface area contributed by atoms with E-state index >= 15 is 0 Å². The third-order valence-electron chi connectivity index (χ3n) is 3.24. The molecule has 0 saturated heterocycles. The van der Waals surface area contributed by atoms with Gasteiger partial charge in [0.1, 0.15) is 11.4 Å². The van der Waals surface area contributed by atoms with E-state index in [-0.39, 0.29) is 11.5 Å². The number of benzene rings is 1. The minimum Gasteiger partial charge on any atom is -0.506 e. The van der Waals surface area contributed by atoms with Crippen LogP contribution in [0.25, 0.3) is 5.57 Å². The second kappa shape index (κ2) is 5.76. The van der Waals surface area contributed by atoms with E-state index in [1.165, 1.54) is 0 Å². The zero-order valence-electron chi connectivity index (χ0n) is 11.3. The van der Waals surface area contributed by atoms with Gasteiger partial charge in [-0.1, -0.05) is 0 Å². The number of phenols is 1. The molecule has 0 spiro atoms. The topological polar surface area (TPSA) is 46.5 Å². The van der Waals surface area contributed by atoms with Crippen molar-refractivity contribution in [2.45, 2.75) is 19.4 Å². The Morgan fingerprint density at radius 3 is 2.50 bits per heavy atom. The highest BCUT2D eigenvalue weighted by atomic mass is 127. The number of aryl methyl sites for hydroxylation is 1. The lowest BCUT2D eigenvalue weighted by molar-refractivity contribution is -0.110. The molecule has 106 valence electrons. The van der Waals surface area contributed by atoms with E-state index in [9.17, 15) is 9.90 Å². The third-order valence-corrected chi connectivity index (χ3v) is 4.87. The number of carbonyl (C=O) groups is 1. The van der Waals surface area contributed by atoms with E-state index in [1.54, 1.807) is 19.3 Å². The van der Waals surface area contributed by atoms with Crippen molar-refractivity contribution in [1.82, 2.24) is 0 Å². The Labute approximate surface area is 145 Å². The molecule has 0 bridgehead atoms. The van der Waals surface area contributed by atoms with Crippen molar-refractivity contribution < 1.29 is 14.6 Å². The highest BCUT2D eigenvalue weighted by molar-refractivity contribution is 14.1. The first-order valence-corrected chi connectivity index (χ1v) is 8.13. The molecule has 1 N–H and O–H groups in total. The summed E-state index contributed by atoms with van der Waals surface area (Å²) in [6.07, 6.45) is 3.55. The van der Waals surface area contributed by atoms with Gasteiger partial charge in [-0.3, -0.25) is 4.79 Å². The van der Waals surface area contributed by atoms with Gasteiger partial charge in [0.2, 0.25) is 0 Å². The van der Waals surface area contributed by atoms with Gasteiger partial charge in [0.25, 0.3) is 0 Å². The first-order valence-electron chi connectivity index (χ1n) is 5.98. The van der Waals surface area contributed by atoms with Crippen molar-refractivity contribution >= 4 is 56.5 Å². The molecule has 0 saturated carbocycles. The number of hydrogen-bond acceptors (Lipinski definition) is 3. The minimum absolute atomic E-state index is 0.0863. The van der Waals surface area contributed by atoms with Gasteiger partial charge in [-0.05, 0) is 88.9 Å². The number of hydrogen-bond donors (Lipinski definition) is 1. The van der Waals surface area contributed by atoms with Gasteiger partial charge in [0.15, 0.2) is 5.78 Å². The van der Waals surface area contributed by atoms with Gasteiger partial charge >= 0.3 is 0 Å². The predicted molar refractivity (Wildman–Crippen MR) is 96.1 cm³/mol. The molecule has 1 atom stereocenters. The maximum absolute atomic E-state index is 12.4. The molecule has 0 fully saturated rings. The average molecular weight is 496 g/mol. The Kier molecular flexibility index (Phi) is 4.60. The highest BCUT2D eigenvalue weighted by Crippen LogP contribution is 2.38. The first kappa shape index (κ1) is 16.0. The smallest absolute Gasteiger partial charge is 0.199 e. The Balaban J connectivity index is 2.65. The zero-order valence-corrected chi connectivity index (χ0v) is 15.6. The molecule has 3 nitrogen and oxygen atoms in total. The second-order valence-electron chi connectivity index (χ2n) is 4.91. The predicted octanol–water partition coefficient (Wildman–Crippen LogP) is 4.00. The summed E-state index contributed by atoms with van der Waals surface area (Å²) in [6, 6.07) is 3.70. The molecule has 20 heavy (non-hydrogen) atoms. The number of aromatic hydroxyl groups is 1. The summed E-state index contributed by atoms with van der Waals surface area (Å²) in [5.74, 6) is 0.0529. The Bertz CT molecular complexity index is 647. The van der Waals surface area contributed by atoms with Crippen LogP contribution in [0.3, 0.4) is 0 Å². The summed E-state index contributed by atoms with van der Waals surface area (Å²) >= 11 is 4.08. The van der Waals surface area contributed by atoms with Crippen molar-refractivity contribution in [3.05, 3.63) is 42.6 Å². The van der Waals surface area contributed by atoms with Gasteiger partial charge in [0, 0.05) is 18.2 Å². The van der Waals surface area contributed by atoms with Crippen molar-refractivity contribution in [3.8, 4) is 5.75 Å². The quantitative estimate of drug-likeness (QED) is 0.631. The standard InChI is InChI=1S/C15H14I2O3/c1-8-4-9(13(18)11(16)5-8)10-6-15(2,20-3)7-12(17)14(10)19/h4-7,18H,1-3H3. The Morgan fingerprint density at radius 1 is 1.25 bits per heavy atom. The highest BCUT2D eigenvalue weighted by Gasteiger charge is 2.31. The van der Waals surface area contributed by atoms with Gasteiger partial charge in [-0.15, -0.1) is 0 Å². The van der Waals surface area contributed by atoms with Gasteiger partial charge in [-0.25, -0.2) is 0 Å². The van der Waals surface area contributed by atoms with Crippen LogP contribution in [0.4, 0.5) is 0 Å². The monoisotopic (exact) mass is 496 g/mol. The van der Waals surface area contributed by atoms with Crippen LogP contribution in [-0.4, -0.2) is 23.6 Å². The molecule has 1 unspecified atom stereocenters. The maximum atomic E-state index is 12.4. The molecule has 5 heteroatoms. The molecule has 1 aliphatic carbocycles. The number of allylic oxidation sites excluding steroid dienone is 2. The van der Waals surface area contributed by atoms with Crippen molar-refractivity contribution in [2.24, 2.45) is 0 Å². The molecule has 1 aromatic rings. The molecular formula is C15H14I2O3. The fourth-order valence-corrected chi connectivity index (χ4v) is 3.79. The second-order valence-corrected chi connectivity index (χ2v) is 7.23. The van der Waals surface area contributed by atoms with E-state index in [4.69, 9.17) is 4.74 Å². The lowest BCUT2D eigenvalue weighted by atomic mass is 9.88. The molecule has 0 amide bonds. The number of ether oxygens (including phenoxy) is 1. The summed E-state index contributed by atoms with van der Waals surface area (Å²) in [5, 5.41) is 10.3. The molecule has 0 aromatic heterocycles. The molecule has 1 aromatic carbocycles. The molecule has 0 heterocycles. The van der Waals surface area contributed by atoms with Crippen LogP contribution >= 0.6 is 45.2 Å². The average Bonchev–Trinajstić information content (AvgIpc) is 2.38. The van der Waals surface area contributed by atoms with Crippen molar-refractivity contribution in [2.75, 3.05) is 7.11 Å². The zero-order chi connectivity index (χ0) is 15.1. The molecular weight excluding hydrogens is 482 g/mol. The number of halogens is 2. The first-order chi connectivity index (χ1) is 9.27. The van der Waals surface area contributed by atoms with Crippen LogP contribution in [0.15, 0.2) is 27.9 Å². The van der Waals surface area contributed by atoms with E-state index in [2.05, 4.69) is 22.6 Å². The van der Waals surface area contributed by atoms with Crippen LogP contribution < -0.4 is 0 Å². The van der Waals surface area contributed by atoms with E-state index in [0.29, 0.717) is 14.7 Å². The van der Waals surface area contributed by atoms with Crippen molar-refractivity contribution in [1.29, 1.82) is 0 Å². The minimum atomic E-state index is -0.638. The van der Waals surface area contributed by atoms with Gasteiger partial charge in [0.05, 0.1) is 7.15 Å². The molecule has 1 aliphatic rings. The van der Waals surface area contributed by atoms with E-state index in [1.807, 2.05) is 48.6 Å². The lowest BCUT2D eigenvalue weighted by Crippen LogP contribution is -2.27. The molecule has 0 aliphatic heterocycles. The fraction of sp³-hybridized carbons (Fsp3) is 0.267. The SMILES string of the molecule is COC1(C)C=C(I)C(=O)C(c2cc(C)cc(I)c2O)=C1. The normalized spacial score (nSPS) is 22.6. The summed E-state index contributed by atoms with van der Waals surface area (Å²) in [7, 11) is 1.60. The number of Topliss-reactive ketones (excluding diaryl/α,β-unsaturated/α-hetero) is 1. The van der Waals surface area contributed by atoms with Crippen LogP contribution in [0.2, 0.25) is 0 Å². The lowest BCUT2D eigenvalue weighted by Gasteiger charge is -2.27. The van der Waals surface area contributed by atoms with Crippen LogP contribution in [0.5, 0.6) is 5.75 Å². The number of carbonyl (C=O) groups excluding carboxylic acids is 1. The van der Waals surface area contributed by atoms with Crippen LogP contribution in [0, 0.1) is 10.5 Å². The summed E-state index contributed by atoms with van der Waals surface area (Å²) in [4.78, 5) is 12.4. The van der Waals surface area contributed by atoms with E-state index < -0.39 is 5.60 Å². The van der Waals surface area contributed by atoms with Gasteiger partial charge < -0.3 is 9.84 Å². The van der Waals surface area contributed by atoms with Crippen LogP contribution in [0.1, 0.15) is 18.1 Å². The fourth-order valence-electron chi connectivity index (χ4n) is 2.10. The Hall–Kier alpha value is -0.410. The summed E-state index contributed by atoms with van der Waals surface area (Å²) < 4.78 is 6.79. The molecule has 2 rings (SSSR count). The van der Waals surface area contributed by atoms with Gasteiger partial charge in [-0.2, -0.15) is 0 Å². The van der Waals surface area contributed by atoms with Crippen molar-refractivity contribution in [3.63, 3.8) is 0 Å². The summed E-state index contributed by atoms with van der Waals surface area (Å²) in [5.41, 5.74) is 1.41. The van der Waals surface area contributed by atoms with E-state index in [0.717, 1.165) is 9.13 Å². The largest absolute Gasteiger partial charge is 0.506 e. The maximum Gasteiger partial charge on any atom is 0.199 e. The number of ketones is 1. The molecule has 0 radical (unpaired) electrons.